The first kappa shape index (κ1) is 21.3. The van der Waals surface area contributed by atoms with Crippen LogP contribution in [0.4, 0.5) is 0 Å². The maximum Gasteiger partial charge on any atom is 0.243 e. The summed E-state index contributed by atoms with van der Waals surface area (Å²) in [6, 6.07) is 0. The summed E-state index contributed by atoms with van der Waals surface area (Å²) in [5.74, 6) is 0.873. The van der Waals surface area contributed by atoms with Crippen molar-refractivity contribution in [1.82, 2.24) is 15.5 Å². The third-order valence-corrected chi connectivity index (χ3v) is 5.82. The maximum atomic E-state index is 11.9. The van der Waals surface area contributed by atoms with E-state index in [1.165, 1.54) is 32.1 Å². The van der Waals surface area contributed by atoms with Crippen LogP contribution in [0.25, 0.3) is 0 Å². The van der Waals surface area contributed by atoms with Crippen molar-refractivity contribution in [2.75, 3.05) is 53.6 Å². The molecule has 0 bridgehead atoms. The van der Waals surface area contributed by atoms with E-state index in [9.17, 15) is 4.79 Å². The minimum atomic E-state index is -0.474. The van der Waals surface area contributed by atoms with Crippen LogP contribution in [-0.4, -0.2) is 82.2 Å². The molecule has 3 fully saturated rings. The predicted octanol–water partition coefficient (Wildman–Crippen LogP) is 1.11. The van der Waals surface area contributed by atoms with Gasteiger partial charge in [0.15, 0.2) is 11.7 Å². The summed E-state index contributed by atoms with van der Waals surface area (Å²) >= 11 is 0. The highest BCUT2D eigenvalue weighted by Gasteiger charge is 2.42. The number of nitrogens with zero attached hydrogens (tertiary/aromatic N) is 2. The average Bonchev–Trinajstić information content (AvgIpc) is 3.10. The Balaban J connectivity index is 1.49. The summed E-state index contributed by atoms with van der Waals surface area (Å²) < 4.78 is 17.5. The lowest BCUT2D eigenvalue weighted by Gasteiger charge is -2.31. The molecule has 0 aromatic rings. The van der Waals surface area contributed by atoms with Gasteiger partial charge in [0.2, 0.25) is 5.91 Å². The molecule has 1 atom stereocenters. The Labute approximate surface area is 168 Å². The molecule has 8 heteroatoms. The number of aliphatic imine (C=N–C) groups is 1. The van der Waals surface area contributed by atoms with Crippen LogP contribution in [0.3, 0.4) is 0 Å². The topological polar surface area (TPSA) is 84.4 Å². The van der Waals surface area contributed by atoms with Gasteiger partial charge in [0.25, 0.3) is 0 Å². The first-order valence-corrected chi connectivity index (χ1v) is 10.7. The fraction of sp³-hybridized carbons (Fsp3) is 0.900. The average molecular weight is 397 g/mol. The Morgan fingerprint density at radius 1 is 1.11 bits per heavy atom. The Bertz CT molecular complexity index is 528. The first-order chi connectivity index (χ1) is 13.6. The number of carbonyl (C=O) groups excluding carboxylic acids is 1. The van der Waals surface area contributed by atoms with Crippen LogP contribution in [0.1, 0.15) is 44.9 Å². The molecule has 160 valence electrons. The molecule has 2 N–H and O–H groups in total. The van der Waals surface area contributed by atoms with Gasteiger partial charge in [-0.25, -0.2) is 4.99 Å². The van der Waals surface area contributed by atoms with Gasteiger partial charge in [-0.3, -0.25) is 4.79 Å². The van der Waals surface area contributed by atoms with Crippen LogP contribution in [0.2, 0.25) is 0 Å². The van der Waals surface area contributed by atoms with E-state index in [1.54, 1.807) is 19.0 Å². The maximum absolute atomic E-state index is 11.9. The molecule has 2 aliphatic heterocycles. The van der Waals surface area contributed by atoms with E-state index in [0.717, 1.165) is 19.4 Å². The monoisotopic (exact) mass is 396 g/mol. The quantitative estimate of drug-likeness (QED) is 0.517. The third-order valence-electron chi connectivity index (χ3n) is 5.82. The normalized spacial score (nSPS) is 25.6. The van der Waals surface area contributed by atoms with Crippen molar-refractivity contribution in [3.05, 3.63) is 0 Å². The molecule has 1 saturated carbocycles. The number of ether oxygens (including phenoxy) is 3. The highest BCUT2D eigenvalue weighted by molar-refractivity contribution is 5.84. The number of rotatable bonds is 6. The van der Waals surface area contributed by atoms with Gasteiger partial charge >= 0.3 is 0 Å². The fourth-order valence-electron chi connectivity index (χ4n) is 3.97. The Hall–Kier alpha value is -1.38. The number of hydrogen-bond acceptors (Lipinski definition) is 5. The lowest BCUT2D eigenvalue weighted by Crippen LogP contribution is -2.45. The zero-order valence-corrected chi connectivity index (χ0v) is 17.4. The van der Waals surface area contributed by atoms with E-state index in [0.29, 0.717) is 38.2 Å². The molecule has 0 aromatic carbocycles. The molecule has 2 heterocycles. The highest BCUT2D eigenvalue weighted by atomic mass is 16.7. The first-order valence-electron chi connectivity index (χ1n) is 10.7. The lowest BCUT2D eigenvalue weighted by atomic mass is 9.89. The second-order valence-corrected chi connectivity index (χ2v) is 8.29. The Morgan fingerprint density at radius 2 is 1.82 bits per heavy atom. The molecule has 1 amide bonds. The standard InChI is InChI=1S/C20H36N4O4/c1-24(2)18(25)14-23-19(21-12-16-6-4-3-5-7-16)22-13-17-15-27-20(28-17)8-10-26-11-9-20/h16-17H,3-15H2,1-2H3,(H2,21,22,23). The van der Waals surface area contributed by atoms with Crippen LogP contribution in [0, 0.1) is 5.92 Å². The number of hydrogen-bond donors (Lipinski definition) is 2. The van der Waals surface area contributed by atoms with Crippen molar-refractivity contribution in [2.45, 2.75) is 56.8 Å². The van der Waals surface area contributed by atoms with Gasteiger partial charge in [-0.05, 0) is 18.8 Å². The SMILES string of the molecule is CN(C)C(=O)CN=C(NCC1CCCCC1)NCC1COC2(CCOCC2)O1. The van der Waals surface area contributed by atoms with Gasteiger partial charge in [0.1, 0.15) is 12.6 Å². The van der Waals surface area contributed by atoms with Crippen molar-refractivity contribution in [2.24, 2.45) is 10.9 Å². The third kappa shape index (κ3) is 6.32. The van der Waals surface area contributed by atoms with Crippen LogP contribution < -0.4 is 10.6 Å². The molecular weight excluding hydrogens is 360 g/mol. The van der Waals surface area contributed by atoms with Crippen molar-refractivity contribution >= 4 is 11.9 Å². The van der Waals surface area contributed by atoms with Crippen LogP contribution in [0.5, 0.6) is 0 Å². The van der Waals surface area contributed by atoms with Crippen molar-refractivity contribution in [1.29, 1.82) is 0 Å². The molecule has 3 aliphatic rings. The van der Waals surface area contributed by atoms with Gasteiger partial charge in [0, 0.05) is 40.0 Å². The summed E-state index contributed by atoms with van der Waals surface area (Å²) in [4.78, 5) is 18.0. The van der Waals surface area contributed by atoms with Crippen LogP contribution >= 0.6 is 0 Å². The fourth-order valence-corrected chi connectivity index (χ4v) is 3.97. The molecule has 2 saturated heterocycles. The zero-order valence-electron chi connectivity index (χ0n) is 17.4. The van der Waals surface area contributed by atoms with Crippen molar-refractivity contribution in [3.63, 3.8) is 0 Å². The lowest BCUT2D eigenvalue weighted by molar-refractivity contribution is -0.210. The summed E-state index contributed by atoms with van der Waals surface area (Å²) in [7, 11) is 3.49. The summed E-state index contributed by atoms with van der Waals surface area (Å²) in [5, 5.41) is 6.78. The van der Waals surface area contributed by atoms with E-state index in [-0.39, 0.29) is 18.6 Å². The molecular formula is C20H36N4O4. The molecule has 1 aliphatic carbocycles. The molecule has 3 rings (SSSR count). The second-order valence-electron chi connectivity index (χ2n) is 8.29. The molecule has 28 heavy (non-hydrogen) atoms. The molecule has 0 radical (unpaired) electrons. The highest BCUT2D eigenvalue weighted by Crippen LogP contribution is 2.32. The van der Waals surface area contributed by atoms with Crippen molar-refractivity contribution < 1.29 is 19.0 Å². The van der Waals surface area contributed by atoms with E-state index in [4.69, 9.17) is 14.2 Å². The van der Waals surface area contributed by atoms with Gasteiger partial charge in [0.05, 0.1) is 19.8 Å². The van der Waals surface area contributed by atoms with Gasteiger partial charge in [-0.1, -0.05) is 19.3 Å². The van der Waals surface area contributed by atoms with Crippen molar-refractivity contribution in [3.8, 4) is 0 Å². The molecule has 1 spiro atoms. The molecule has 0 aromatic heterocycles. The number of nitrogens with one attached hydrogen (secondary N) is 2. The summed E-state index contributed by atoms with van der Waals surface area (Å²) in [6.07, 6.45) is 8.03. The number of guanidine groups is 1. The smallest absolute Gasteiger partial charge is 0.243 e. The Morgan fingerprint density at radius 3 is 2.54 bits per heavy atom. The van der Waals surface area contributed by atoms with E-state index < -0.39 is 5.79 Å². The number of carbonyl (C=O) groups is 1. The number of amides is 1. The molecule has 1 unspecified atom stereocenters. The molecule has 8 nitrogen and oxygen atoms in total. The van der Waals surface area contributed by atoms with Crippen LogP contribution in [0.15, 0.2) is 4.99 Å². The summed E-state index contributed by atoms with van der Waals surface area (Å²) in [5.41, 5.74) is 0. The zero-order chi connectivity index (χ0) is 19.8. The minimum Gasteiger partial charge on any atom is -0.381 e. The van der Waals surface area contributed by atoms with Gasteiger partial charge in [-0.15, -0.1) is 0 Å². The van der Waals surface area contributed by atoms with Crippen LogP contribution in [-0.2, 0) is 19.0 Å². The number of likely N-dealkylation sites (N-methyl/N-ethyl adjacent to an activating group) is 1. The summed E-state index contributed by atoms with van der Waals surface area (Å²) in [6.45, 7) is 3.57. The predicted molar refractivity (Wildman–Crippen MR) is 107 cm³/mol. The van der Waals surface area contributed by atoms with E-state index in [1.807, 2.05) is 0 Å². The van der Waals surface area contributed by atoms with E-state index in [2.05, 4.69) is 15.6 Å². The van der Waals surface area contributed by atoms with Gasteiger partial charge in [-0.2, -0.15) is 0 Å². The minimum absolute atomic E-state index is 0.0135. The van der Waals surface area contributed by atoms with E-state index >= 15 is 0 Å². The largest absolute Gasteiger partial charge is 0.381 e. The second kappa shape index (κ2) is 10.4. The van der Waals surface area contributed by atoms with Gasteiger partial charge < -0.3 is 29.7 Å². The Kier molecular flexibility index (Phi) is 7.93.